The molecule has 0 bridgehead atoms. The van der Waals surface area contributed by atoms with Crippen molar-refractivity contribution in [2.75, 3.05) is 7.11 Å². The molecule has 1 aromatic heterocycles. The molecular weight excluding hydrogens is 305 g/mol. The molecule has 0 amide bonds. The third kappa shape index (κ3) is 3.81. The van der Waals surface area contributed by atoms with Gasteiger partial charge < -0.3 is 9.30 Å². The van der Waals surface area contributed by atoms with E-state index in [0.29, 0.717) is 17.1 Å². The molecule has 1 heterocycles. The Morgan fingerprint density at radius 1 is 1.38 bits per heavy atom. The van der Waals surface area contributed by atoms with Gasteiger partial charge in [0.15, 0.2) is 0 Å². The number of aryl methyl sites for hydroxylation is 1. The van der Waals surface area contributed by atoms with Gasteiger partial charge in [-0.05, 0) is 25.5 Å². The maximum atomic E-state index is 12.3. The van der Waals surface area contributed by atoms with Crippen molar-refractivity contribution in [3.63, 3.8) is 0 Å². The van der Waals surface area contributed by atoms with Crippen LogP contribution in [-0.4, -0.2) is 22.8 Å². The Bertz CT molecular complexity index is 622. The van der Waals surface area contributed by atoms with Crippen molar-refractivity contribution in [3.05, 3.63) is 24.0 Å². The largest absolute Gasteiger partial charge is 0.497 e. The van der Waals surface area contributed by atoms with E-state index in [0.717, 1.165) is 5.52 Å². The van der Waals surface area contributed by atoms with Crippen LogP contribution in [0.5, 0.6) is 5.75 Å². The number of fused-ring (bicyclic) bond motifs is 1. The average molecular weight is 321 g/mol. The molecule has 2 aromatic rings. The normalized spacial score (nSPS) is 13.6. The van der Waals surface area contributed by atoms with Crippen LogP contribution in [0.2, 0.25) is 0 Å². The monoisotopic (exact) mass is 320 g/mol. The van der Waals surface area contributed by atoms with E-state index in [1.807, 2.05) is 0 Å². The van der Waals surface area contributed by atoms with Gasteiger partial charge in [0.05, 0.1) is 23.5 Å². The molecule has 0 aliphatic rings. The first-order valence-electron chi connectivity index (χ1n) is 6.57. The molecule has 2 rings (SSSR count). The van der Waals surface area contributed by atoms with Crippen LogP contribution >= 0.6 is 11.6 Å². The van der Waals surface area contributed by atoms with Gasteiger partial charge in [-0.3, -0.25) is 0 Å². The number of hydrogen-bond donors (Lipinski definition) is 0. The van der Waals surface area contributed by atoms with Crippen LogP contribution in [0.1, 0.15) is 31.0 Å². The topological polar surface area (TPSA) is 27.1 Å². The van der Waals surface area contributed by atoms with Gasteiger partial charge in [-0.2, -0.15) is 13.2 Å². The molecule has 116 valence electrons. The first kappa shape index (κ1) is 15.9. The Hall–Kier alpha value is -1.43. The van der Waals surface area contributed by atoms with Crippen LogP contribution < -0.4 is 4.74 Å². The van der Waals surface area contributed by atoms with Crippen LogP contribution in [0, 0.1) is 0 Å². The van der Waals surface area contributed by atoms with E-state index in [4.69, 9.17) is 16.3 Å². The number of halogens is 4. The van der Waals surface area contributed by atoms with Gasteiger partial charge in [0.25, 0.3) is 0 Å². The van der Waals surface area contributed by atoms with Crippen molar-refractivity contribution in [3.8, 4) is 5.75 Å². The molecule has 1 atom stereocenters. The number of rotatable bonds is 5. The SMILES string of the molecule is COc1ccc2c(c1)nc(C(C)Cl)n2CCCC(F)(F)F. The molecule has 1 unspecified atom stereocenters. The molecule has 3 nitrogen and oxygen atoms in total. The number of aromatic nitrogens is 2. The van der Waals surface area contributed by atoms with Crippen molar-refractivity contribution in [2.24, 2.45) is 0 Å². The minimum absolute atomic E-state index is 0.00238. The Kier molecular flexibility index (Phi) is 4.66. The number of benzene rings is 1. The highest BCUT2D eigenvalue weighted by molar-refractivity contribution is 6.20. The summed E-state index contributed by atoms with van der Waals surface area (Å²) in [5, 5.41) is -0.380. The van der Waals surface area contributed by atoms with E-state index in [1.54, 1.807) is 36.8 Å². The van der Waals surface area contributed by atoms with E-state index in [-0.39, 0.29) is 18.3 Å². The fourth-order valence-corrected chi connectivity index (χ4v) is 2.40. The summed E-state index contributed by atoms with van der Waals surface area (Å²) < 4.78 is 43.7. The molecular formula is C14H16ClF3N2O. The number of imidazole rings is 1. The van der Waals surface area contributed by atoms with Gasteiger partial charge in [-0.15, -0.1) is 11.6 Å². The second-order valence-corrected chi connectivity index (χ2v) is 5.47. The summed E-state index contributed by atoms with van der Waals surface area (Å²) in [4.78, 5) is 4.41. The van der Waals surface area contributed by atoms with Gasteiger partial charge >= 0.3 is 6.18 Å². The van der Waals surface area contributed by atoms with Crippen molar-refractivity contribution < 1.29 is 17.9 Å². The van der Waals surface area contributed by atoms with Gasteiger partial charge in [0.1, 0.15) is 11.6 Å². The second-order valence-electron chi connectivity index (χ2n) is 4.81. The van der Waals surface area contributed by atoms with Gasteiger partial charge in [-0.1, -0.05) is 0 Å². The number of nitrogens with zero attached hydrogens (tertiary/aromatic N) is 2. The smallest absolute Gasteiger partial charge is 0.389 e. The number of methoxy groups -OCH3 is 1. The molecule has 0 N–H and O–H groups in total. The minimum Gasteiger partial charge on any atom is -0.497 e. The lowest BCUT2D eigenvalue weighted by molar-refractivity contribution is -0.135. The summed E-state index contributed by atoms with van der Waals surface area (Å²) in [5.41, 5.74) is 1.43. The Labute approximate surface area is 125 Å². The quantitative estimate of drug-likeness (QED) is 0.747. The minimum atomic E-state index is -4.15. The number of hydrogen-bond acceptors (Lipinski definition) is 2. The first-order valence-corrected chi connectivity index (χ1v) is 7.00. The lowest BCUT2D eigenvalue weighted by Gasteiger charge is -2.11. The predicted molar refractivity (Wildman–Crippen MR) is 75.8 cm³/mol. The summed E-state index contributed by atoms with van der Waals surface area (Å²) in [6, 6.07) is 5.29. The van der Waals surface area contributed by atoms with Gasteiger partial charge in [0.2, 0.25) is 0 Å². The molecule has 7 heteroatoms. The molecule has 21 heavy (non-hydrogen) atoms. The van der Waals surface area contributed by atoms with Crippen LogP contribution in [0.25, 0.3) is 11.0 Å². The van der Waals surface area contributed by atoms with Crippen molar-refractivity contribution in [1.29, 1.82) is 0 Å². The van der Waals surface area contributed by atoms with Gasteiger partial charge in [-0.25, -0.2) is 4.98 Å². The van der Waals surface area contributed by atoms with Crippen molar-refractivity contribution in [2.45, 2.75) is 37.9 Å². The van der Waals surface area contributed by atoms with Gasteiger partial charge in [0, 0.05) is 19.0 Å². The highest BCUT2D eigenvalue weighted by Crippen LogP contribution is 2.28. The number of alkyl halides is 4. The molecule has 0 radical (unpaired) electrons. The Balaban J connectivity index is 2.33. The fourth-order valence-electron chi connectivity index (χ4n) is 2.23. The summed E-state index contributed by atoms with van der Waals surface area (Å²) >= 11 is 6.09. The summed E-state index contributed by atoms with van der Waals surface area (Å²) in [6.45, 7) is 1.98. The van der Waals surface area contributed by atoms with Crippen molar-refractivity contribution in [1.82, 2.24) is 9.55 Å². The first-order chi connectivity index (χ1) is 9.81. The summed E-state index contributed by atoms with van der Waals surface area (Å²) in [6.07, 6.45) is -4.97. The van der Waals surface area contributed by atoms with Crippen LogP contribution in [-0.2, 0) is 6.54 Å². The highest BCUT2D eigenvalue weighted by Gasteiger charge is 2.26. The molecule has 0 aliphatic carbocycles. The van der Waals surface area contributed by atoms with E-state index in [2.05, 4.69) is 4.98 Å². The van der Waals surface area contributed by atoms with E-state index < -0.39 is 12.6 Å². The van der Waals surface area contributed by atoms with E-state index in [1.165, 1.54) is 0 Å². The van der Waals surface area contributed by atoms with Crippen LogP contribution in [0.3, 0.4) is 0 Å². The maximum Gasteiger partial charge on any atom is 0.389 e. The molecule has 1 aromatic carbocycles. The zero-order valence-corrected chi connectivity index (χ0v) is 12.5. The molecule has 0 fully saturated rings. The predicted octanol–water partition coefficient (Wildman–Crippen LogP) is 4.69. The number of ether oxygens (including phenoxy) is 1. The lowest BCUT2D eigenvalue weighted by Crippen LogP contribution is -2.11. The zero-order valence-electron chi connectivity index (χ0n) is 11.7. The highest BCUT2D eigenvalue weighted by atomic mass is 35.5. The van der Waals surface area contributed by atoms with Crippen LogP contribution in [0.4, 0.5) is 13.2 Å². The average Bonchev–Trinajstić information content (AvgIpc) is 2.75. The zero-order chi connectivity index (χ0) is 15.6. The molecule has 0 spiro atoms. The summed E-state index contributed by atoms with van der Waals surface area (Å²) in [7, 11) is 1.55. The second kappa shape index (κ2) is 6.13. The Morgan fingerprint density at radius 3 is 2.67 bits per heavy atom. The molecule has 0 saturated heterocycles. The third-order valence-corrected chi connectivity index (χ3v) is 3.38. The summed E-state index contributed by atoms with van der Waals surface area (Å²) in [5.74, 6) is 1.22. The van der Waals surface area contributed by atoms with Crippen molar-refractivity contribution >= 4 is 22.6 Å². The Morgan fingerprint density at radius 2 is 2.10 bits per heavy atom. The van der Waals surface area contributed by atoms with E-state index >= 15 is 0 Å². The van der Waals surface area contributed by atoms with E-state index in [9.17, 15) is 13.2 Å². The standard InChI is InChI=1S/C14H16ClF3N2O/c1-9(15)13-19-11-8-10(21-2)4-5-12(11)20(13)7-3-6-14(16,17)18/h4-5,8-9H,3,6-7H2,1-2H3. The fraction of sp³-hybridized carbons (Fsp3) is 0.500. The maximum absolute atomic E-state index is 12.3. The van der Waals surface area contributed by atoms with Crippen LogP contribution in [0.15, 0.2) is 18.2 Å². The molecule has 0 saturated carbocycles. The molecule has 0 aliphatic heterocycles. The third-order valence-electron chi connectivity index (χ3n) is 3.18. The lowest BCUT2D eigenvalue weighted by atomic mass is 10.2.